The molecule has 0 aromatic carbocycles. The van der Waals surface area contributed by atoms with Crippen molar-refractivity contribution in [3.63, 3.8) is 0 Å². The highest BCUT2D eigenvalue weighted by Gasteiger charge is 2.30. The molecule has 4 unspecified atom stereocenters. The Bertz CT molecular complexity index is 1720. The molecule has 0 spiro atoms. The first-order chi connectivity index (χ1) is 41.2. The van der Waals surface area contributed by atoms with E-state index in [0.717, 1.165) is 126 Å². The van der Waals surface area contributed by atoms with Gasteiger partial charge in [-0.3, -0.25) is 37.3 Å². The number of esters is 4. The van der Waals surface area contributed by atoms with Crippen LogP contribution in [0.25, 0.3) is 0 Å². The fraction of sp³-hybridized carbons (Fsp3) is 0.940. The number of carbonyl (C=O) groups excluding carboxylic acids is 4. The number of unbranched alkanes of at least 4 members (excludes halogenated alkanes) is 28. The van der Waals surface area contributed by atoms with E-state index in [1.54, 1.807) is 0 Å². The summed E-state index contributed by atoms with van der Waals surface area (Å²) in [7, 11) is -9.90. The van der Waals surface area contributed by atoms with E-state index in [2.05, 4.69) is 55.4 Å². The lowest BCUT2D eigenvalue weighted by Crippen LogP contribution is -2.30. The summed E-state index contributed by atoms with van der Waals surface area (Å²) >= 11 is 0. The largest absolute Gasteiger partial charge is 0.472 e. The van der Waals surface area contributed by atoms with Crippen molar-refractivity contribution in [2.75, 3.05) is 39.6 Å². The van der Waals surface area contributed by atoms with Gasteiger partial charge in [-0.15, -0.1) is 0 Å². The van der Waals surface area contributed by atoms with Crippen molar-refractivity contribution < 1.29 is 80.2 Å². The first-order valence-electron chi connectivity index (χ1n) is 34.8. The van der Waals surface area contributed by atoms with E-state index in [1.807, 2.05) is 0 Å². The fourth-order valence-corrected chi connectivity index (χ4v) is 11.5. The molecule has 86 heavy (non-hydrogen) atoms. The normalized spacial score (nSPS) is 15.0. The second kappa shape index (κ2) is 57.0. The minimum absolute atomic E-state index is 0.104. The summed E-state index contributed by atoms with van der Waals surface area (Å²) in [4.78, 5) is 72.4. The average Bonchev–Trinajstić information content (AvgIpc) is 3.66. The monoisotopic (exact) mass is 1270 g/mol. The number of hydrogen-bond acceptors (Lipinski definition) is 15. The van der Waals surface area contributed by atoms with Gasteiger partial charge in [-0.2, -0.15) is 0 Å². The number of phosphoric ester groups is 2. The van der Waals surface area contributed by atoms with Crippen LogP contribution in [-0.2, 0) is 65.4 Å². The van der Waals surface area contributed by atoms with Crippen LogP contribution in [0.4, 0.5) is 0 Å². The molecule has 17 nitrogen and oxygen atoms in total. The Balaban J connectivity index is 5.27. The topological polar surface area (TPSA) is 237 Å². The van der Waals surface area contributed by atoms with Crippen LogP contribution in [0.1, 0.15) is 325 Å². The number of hydrogen-bond donors (Lipinski definition) is 3. The van der Waals surface area contributed by atoms with Crippen LogP contribution in [0.3, 0.4) is 0 Å². The molecular weight excluding hydrogens is 1140 g/mol. The fourth-order valence-electron chi connectivity index (χ4n) is 9.89. The van der Waals surface area contributed by atoms with Gasteiger partial charge >= 0.3 is 39.5 Å². The van der Waals surface area contributed by atoms with Crippen LogP contribution in [0, 0.1) is 23.7 Å². The number of aliphatic hydroxyl groups is 1. The third-order valence-corrected chi connectivity index (χ3v) is 17.9. The minimum Gasteiger partial charge on any atom is -0.462 e. The quantitative estimate of drug-likeness (QED) is 0.0222. The molecule has 7 atom stereocenters. The first-order valence-corrected chi connectivity index (χ1v) is 37.8. The lowest BCUT2D eigenvalue weighted by atomic mass is 10.00. The Labute approximate surface area is 524 Å². The van der Waals surface area contributed by atoms with Crippen molar-refractivity contribution in [3.05, 3.63) is 0 Å². The zero-order valence-electron chi connectivity index (χ0n) is 55.9. The smallest absolute Gasteiger partial charge is 0.462 e. The van der Waals surface area contributed by atoms with Crippen LogP contribution >= 0.6 is 15.6 Å². The van der Waals surface area contributed by atoms with E-state index < -0.39 is 97.5 Å². The van der Waals surface area contributed by atoms with Gasteiger partial charge in [-0.05, 0) is 49.4 Å². The molecule has 0 saturated carbocycles. The zero-order chi connectivity index (χ0) is 63.9. The predicted molar refractivity (Wildman–Crippen MR) is 344 cm³/mol. The van der Waals surface area contributed by atoms with E-state index in [4.69, 9.17) is 37.0 Å². The van der Waals surface area contributed by atoms with Gasteiger partial charge in [0.1, 0.15) is 19.3 Å². The molecule has 0 aliphatic heterocycles. The Hall–Kier alpha value is -1.94. The summed E-state index contributed by atoms with van der Waals surface area (Å²) in [5.41, 5.74) is 0. The van der Waals surface area contributed by atoms with Crippen LogP contribution in [-0.4, -0.2) is 96.7 Å². The van der Waals surface area contributed by atoms with E-state index in [-0.39, 0.29) is 25.7 Å². The van der Waals surface area contributed by atoms with Crippen molar-refractivity contribution in [2.45, 2.75) is 343 Å². The minimum atomic E-state index is -4.95. The summed E-state index contributed by atoms with van der Waals surface area (Å²) in [6.45, 7) is 14.0. The van der Waals surface area contributed by atoms with Gasteiger partial charge in [0.15, 0.2) is 12.2 Å². The second-order valence-electron chi connectivity index (χ2n) is 25.6. The molecular formula is C67H130O17P2. The van der Waals surface area contributed by atoms with Crippen LogP contribution < -0.4 is 0 Å². The molecule has 0 rings (SSSR count). The third kappa shape index (κ3) is 58.4. The summed E-state index contributed by atoms with van der Waals surface area (Å²) in [6.07, 6.45) is 37.6. The first kappa shape index (κ1) is 84.1. The summed E-state index contributed by atoms with van der Waals surface area (Å²) in [5, 5.41) is 10.6. The third-order valence-electron chi connectivity index (χ3n) is 16.0. The Morgan fingerprint density at radius 2 is 0.558 bits per heavy atom. The molecule has 0 bridgehead atoms. The van der Waals surface area contributed by atoms with Crippen molar-refractivity contribution in [1.82, 2.24) is 0 Å². The van der Waals surface area contributed by atoms with Crippen molar-refractivity contribution in [3.8, 4) is 0 Å². The van der Waals surface area contributed by atoms with E-state index in [1.165, 1.54) is 116 Å². The lowest BCUT2D eigenvalue weighted by Gasteiger charge is -2.21. The molecule has 0 aromatic rings. The number of carbonyl (C=O) groups is 4. The molecule has 0 aliphatic rings. The SMILES string of the molecule is CCC(C)CCCCCCCCC(=O)OC[C@H](COP(=O)(O)OC[C@@H](O)COP(=O)(O)OC[C@@H](COC(=O)CCCCCCCCC(C)CC)OC(=O)CCCCCCCCCCCC(C)C)OC(=O)CCCCCCCCCCCCCC(C)C. The predicted octanol–water partition coefficient (Wildman–Crippen LogP) is 18.5. The molecule has 0 saturated heterocycles. The Morgan fingerprint density at radius 1 is 0.326 bits per heavy atom. The highest BCUT2D eigenvalue weighted by molar-refractivity contribution is 7.47. The van der Waals surface area contributed by atoms with Gasteiger partial charge in [0.2, 0.25) is 0 Å². The molecule has 0 amide bonds. The maximum atomic E-state index is 13.0. The second-order valence-corrected chi connectivity index (χ2v) is 28.6. The zero-order valence-corrected chi connectivity index (χ0v) is 57.7. The Kier molecular flexibility index (Phi) is 55.7. The van der Waals surface area contributed by atoms with E-state index in [0.29, 0.717) is 25.7 Å². The van der Waals surface area contributed by atoms with Crippen LogP contribution in [0.5, 0.6) is 0 Å². The molecule has 0 fully saturated rings. The molecule has 510 valence electrons. The molecule has 0 aromatic heterocycles. The van der Waals surface area contributed by atoms with E-state index >= 15 is 0 Å². The molecule has 3 N–H and O–H groups in total. The van der Waals surface area contributed by atoms with Gasteiger partial charge in [0.25, 0.3) is 0 Å². The van der Waals surface area contributed by atoms with Gasteiger partial charge in [0, 0.05) is 25.7 Å². The molecule has 0 heterocycles. The van der Waals surface area contributed by atoms with Crippen molar-refractivity contribution in [2.24, 2.45) is 23.7 Å². The Morgan fingerprint density at radius 3 is 0.826 bits per heavy atom. The van der Waals surface area contributed by atoms with Gasteiger partial charge in [0.05, 0.1) is 26.4 Å². The van der Waals surface area contributed by atoms with Gasteiger partial charge in [-0.25, -0.2) is 9.13 Å². The summed E-state index contributed by atoms with van der Waals surface area (Å²) < 4.78 is 68.1. The maximum Gasteiger partial charge on any atom is 0.472 e. The summed E-state index contributed by atoms with van der Waals surface area (Å²) in [5.74, 6) is 0.828. The van der Waals surface area contributed by atoms with E-state index in [9.17, 15) is 43.2 Å². The summed E-state index contributed by atoms with van der Waals surface area (Å²) in [6, 6.07) is 0. The number of rotatable bonds is 64. The maximum absolute atomic E-state index is 13.0. The standard InChI is InChI=1S/C67H130O17P2/c1-9-59(7)45-37-29-23-25-31-39-47-64(69)77-53-62(83-66(71)49-41-33-21-17-13-11-12-15-19-27-35-43-57(3)4)55-81-85(73,74)79-51-61(68)52-80-86(75,76)82-56-63(54-78-65(70)48-40-32-26-24-30-38-46-60(8)10-2)84-67(72)50-42-34-22-18-14-16-20-28-36-44-58(5)6/h57-63,68H,9-56H2,1-8H3,(H,73,74)(H,75,76)/t59?,60?,61-,62-,63-/m1/s1. The van der Waals surface area contributed by atoms with Gasteiger partial charge in [-0.1, -0.05) is 274 Å². The number of ether oxygens (including phenoxy) is 4. The van der Waals surface area contributed by atoms with Crippen LogP contribution in [0.15, 0.2) is 0 Å². The number of phosphoric acid groups is 2. The average molecular weight is 1270 g/mol. The van der Waals surface area contributed by atoms with Gasteiger partial charge < -0.3 is 33.8 Å². The molecule has 19 heteroatoms. The van der Waals surface area contributed by atoms with Crippen LogP contribution in [0.2, 0.25) is 0 Å². The number of aliphatic hydroxyl groups excluding tert-OH is 1. The molecule has 0 aliphatic carbocycles. The van der Waals surface area contributed by atoms with Crippen molar-refractivity contribution >= 4 is 39.5 Å². The van der Waals surface area contributed by atoms with Crippen molar-refractivity contribution in [1.29, 1.82) is 0 Å². The molecule has 0 radical (unpaired) electrons. The highest BCUT2D eigenvalue weighted by Crippen LogP contribution is 2.45. The highest BCUT2D eigenvalue weighted by atomic mass is 31.2. The lowest BCUT2D eigenvalue weighted by molar-refractivity contribution is -0.161.